The van der Waals surface area contributed by atoms with E-state index in [1.807, 2.05) is 36.4 Å². The molecule has 2 aromatic rings. The molecule has 0 spiro atoms. The van der Waals surface area contributed by atoms with Crippen LogP contribution in [0.15, 0.2) is 36.4 Å². The number of rotatable bonds is 4. The van der Waals surface area contributed by atoms with Crippen LogP contribution in [0.5, 0.6) is 5.75 Å². The zero-order chi connectivity index (χ0) is 17.8. The second-order valence-corrected chi connectivity index (χ2v) is 6.24. The molecular formula is C20H23NO4. The minimum Gasteiger partial charge on any atom is -0.496 e. The number of methoxy groups -OCH3 is 1. The monoisotopic (exact) mass is 341 g/mol. The third kappa shape index (κ3) is 3.60. The number of hydrogen-bond donors (Lipinski definition) is 0. The lowest BCUT2D eigenvalue weighted by Gasteiger charge is -2.32. The van der Waals surface area contributed by atoms with Gasteiger partial charge in [0, 0.05) is 13.1 Å². The first-order chi connectivity index (χ1) is 12.1. The van der Waals surface area contributed by atoms with Crippen LogP contribution in [0.1, 0.15) is 30.1 Å². The molecule has 5 heteroatoms. The molecule has 0 aromatic heterocycles. The fourth-order valence-corrected chi connectivity index (χ4v) is 3.34. The van der Waals surface area contributed by atoms with Crippen molar-refractivity contribution < 1.29 is 19.1 Å². The van der Waals surface area contributed by atoms with Crippen LogP contribution < -0.4 is 4.74 Å². The number of likely N-dealkylation sites (tertiary alicyclic amines) is 1. The third-order valence-electron chi connectivity index (χ3n) is 4.63. The Labute approximate surface area is 147 Å². The van der Waals surface area contributed by atoms with E-state index in [0.717, 1.165) is 23.6 Å². The van der Waals surface area contributed by atoms with E-state index in [0.29, 0.717) is 31.0 Å². The van der Waals surface area contributed by atoms with Crippen LogP contribution in [0.4, 0.5) is 0 Å². The van der Waals surface area contributed by atoms with Crippen molar-refractivity contribution >= 4 is 22.6 Å². The standard InChI is InChI=1S/C20H23NO4/c1-3-25-20(23)16-9-6-10-21(13-16)19(22)17-11-14-7-4-5-8-15(14)12-18(17)24-2/h4-5,7-8,11-12,16H,3,6,9-10,13H2,1-2H3. The van der Waals surface area contributed by atoms with Crippen molar-refractivity contribution in [1.29, 1.82) is 0 Å². The van der Waals surface area contributed by atoms with Gasteiger partial charge < -0.3 is 14.4 Å². The Morgan fingerprint density at radius 2 is 1.92 bits per heavy atom. The van der Waals surface area contributed by atoms with E-state index in [1.165, 1.54) is 0 Å². The summed E-state index contributed by atoms with van der Waals surface area (Å²) >= 11 is 0. The van der Waals surface area contributed by atoms with Gasteiger partial charge in [0.05, 0.1) is 25.2 Å². The van der Waals surface area contributed by atoms with Gasteiger partial charge in [-0.25, -0.2) is 0 Å². The van der Waals surface area contributed by atoms with Gasteiger partial charge >= 0.3 is 5.97 Å². The molecule has 1 aliphatic rings. The molecule has 0 bridgehead atoms. The molecule has 1 fully saturated rings. The Kier molecular flexibility index (Phi) is 5.22. The zero-order valence-corrected chi connectivity index (χ0v) is 14.7. The number of esters is 1. The second kappa shape index (κ2) is 7.55. The molecule has 1 saturated heterocycles. The highest BCUT2D eigenvalue weighted by Crippen LogP contribution is 2.28. The van der Waals surface area contributed by atoms with Crippen LogP contribution in [0.2, 0.25) is 0 Å². The van der Waals surface area contributed by atoms with Crippen LogP contribution >= 0.6 is 0 Å². The number of nitrogens with zero attached hydrogens (tertiary/aromatic N) is 1. The smallest absolute Gasteiger partial charge is 0.310 e. The maximum atomic E-state index is 13.0. The van der Waals surface area contributed by atoms with E-state index >= 15 is 0 Å². The molecular weight excluding hydrogens is 318 g/mol. The molecule has 2 aromatic carbocycles. The van der Waals surface area contributed by atoms with Gasteiger partial charge in [-0.15, -0.1) is 0 Å². The van der Waals surface area contributed by atoms with Gasteiger partial charge in [-0.1, -0.05) is 24.3 Å². The number of fused-ring (bicyclic) bond motifs is 1. The topological polar surface area (TPSA) is 55.8 Å². The van der Waals surface area contributed by atoms with Crippen molar-refractivity contribution in [2.24, 2.45) is 5.92 Å². The molecule has 1 heterocycles. The van der Waals surface area contributed by atoms with Crippen molar-refractivity contribution in [3.8, 4) is 5.75 Å². The number of carbonyl (C=O) groups is 2. The summed E-state index contributed by atoms with van der Waals surface area (Å²) in [6, 6.07) is 11.6. The minimum absolute atomic E-state index is 0.100. The summed E-state index contributed by atoms with van der Waals surface area (Å²) in [6.45, 7) is 3.20. The third-order valence-corrected chi connectivity index (χ3v) is 4.63. The molecule has 0 saturated carbocycles. The largest absolute Gasteiger partial charge is 0.496 e. The molecule has 1 unspecified atom stereocenters. The van der Waals surface area contributed by atoms with Gasteiger partial charge in [-0.05, 0) is 42.7 Å². The second-order valence-electron chi connectivity index (χ2n) is 6.24. The minimum atomic E-state index is -0.246. The first-order valence-corrected chi connectivity index (χ1v) is 8.66. The van der Waals surface area contributed by atoms with Crippen LogP contribution in [-0.4, -0.2) is 43.6 Å². The Bertz CT molecular complexity index is 786. The van der Waals surface area contributed by atoms with Crippen molar-refractivity contribution in [2.45, 2.75) is 19.8 Å². The van der Waals surface area contributed by atoms with Gasteiger partial charge in [-0.2, -0.15) is 0 Å². The molecule has 132 valence electrons. The molecule has 0 N–H and O–H groups in total. The molecule has 25 heavy (non-hydrogen) atoms. The van der Waals surface area contributed by atoms with Gasteiger partial charge in [0.15, 0.2) is 0 Å². The molecule has 0 radical (unpaired) electrons. The van der Waals surface area contributed by atoms with Gasteiger partial charge in [-0.3, -0.25) is 9.59 Å². The average Bonchev–Trinajstić information content (AvgIpc) is 2.66. The number of amides is 1. The Hall–Kier alpha value is -2.56. The maximum absolute atomic E-state index is 13.0. The highest BCUT2D eigenvalue weighted by Gasteiger charge is 2.30. The Morgan fingerprint density at radius 1 is 1.20 bits per heavy atom. The van der Waals surface area contributed by atoms with E-state index in [4.69, 9.17) is 9.47 Å². The molecule has 5 nitrogen and oxygen atoms in total. The van der Waals surface area contributed by atoms with Crippen molar-refractivity contribution in [1.82, 2.24) is 4.90 Å². The van der Waals surface area contributed by atoms with Gasteiger partial charge in [0.1, 0.15) is 5.75 Å². The SMILES string of the molecule is CCOC(=O)C1CCCN(C(=O)c2cc3ccccc3cc2OC)C1. The zero-order valence-electron chi connectivity index (χ0n) is 14.7. The normalized spacial score (nSPS) is 17.4. The van der Waals surface area contributed by atoms with Crippen LogP contribution in [0, 0.1) is 5.92 Å². The van der Waals surface area contributed by atoms with Crippen LogP contribution in [-0.2, 0) is 9.53 Å². The molecule has 0 aliphatic carbocycles. The Balaban J connectivity index is 1.87. The fourth-order valence-electron chi connectivity index (χ4n) is 3.34. The predicted octanol–water partition coefficient (Wildman–Crippen LogP) is 3.26. The highest BCUT2D eigenvalue weighted by molar-refractivity contribution is 6.01. The fraction of sp³-hybridized carbons (Fsp3) is 0.400. The molecule has 3 rings (SSSR count). The molecule has 1 aliphatic heterocycles. The summed E-state index contributed by atoms with van der Waals surface area (Å²) < 4.78 is 10.6. The summed E-state index contributed by atoms with van der Waals surface area (Å²) in [5, 5.41) is 2.02. The maximum Gasteiger partial charge on any atom is 0.310 e. The summed E-state index contributed by atoms with van der Waals surface area (Å²) in [6.07, 6.45) is 1.56. The quantitative estimate of drug-likeness (QED) is 0.801. The average molecular weight is 341 g/mol. The molecule has 1 amide bonds. The molecule has 1 atom stereocenters. The number of ether oxygens (including phenoxy) is 2. The number of piperidine rings is 1. The van der Waals surface area contributed by atoms with Crippen molar-refractivity contribution in [3.05, 3.63) is 42.0 Å². The van der Waals surface area contributed by atoms with E-state index in [-0.39, 0.29) is 17.8 Å². The van der Waals surface area contributed by atoms with E-state index in [9.17, 15) is 9.59 Å². The first-order valence-electron chi connectivity index (χ1n) is 8.66. The van der Waals surface area contributed by atoms with E-state index in [2.05, 4.69) is 0 Å². The highest BCUT2D eigenvalue weighted by atomic mass is 16.5. The lowest BCUT2D eigenvalue weighted by atomic mass is 9.97. The van der Waals surface area contributed by atoms with Crippen LogP contribution in [0.25, 0.3) is 10.8 Å². The lowest BCUT2D eigenvalue weighted by molar-refractivity contribution is -0.149. The number of benzene rings is 2. The van der Waals surface area contributed by atoms with E-state index < -0.39 is 0 Å². The summed E-state index contributed by atoms with van der Waals surface area (Å²) in [5.41, 5.74) is 0.533. The van der Waals surface area contributed by atoms with Gasteiger partial charge in [0.25, 0.3) is 5.91 Å². The number of hydrogen-bond acceptors (Lipinski definition) is 4. The summed E-state index contributed by atoms with van der Waals surface area (Å²) in [5.74, 6) is -0.00635. The summed E-state index contributed by atoms with van der Waals surface area (Å²) in [4.78, 5) is 26.8. The lowest BCUT2D eigenvalue weighted by Crippen LogP contribution is -2.42. The van der Waals surface area contributed by atoms with Gasteiger partial charge in [0.2, 0.25) is 0 Å². The van der Waals surface area contributed by atoms with Crippen molar-refractivity contribution in [2.75, 3.05) is 26.8 Å². The first kappa shape index (κ1) is 17.3. The Morgan fingerprint density at radius 3 is 2.60 bits per heavy atom. The summed E-state index contributed by atoms with van der Waals surface area (Å²) in [7, 11) is 1.57. The van der Waals surface area contributed by atoms with Crippen LogP contribution in [0.3, 0.4) is 0 Å². The van der Waals surface area contributed by atoms with Crippen molar-refractivity contribution in [3.63, 3.8) is 0 Å². The number of carbonyl (C=O) groups excluding carboxylic acids is 2. The predicted molar refractivity (Wildman–Crippen MR) is 95.8 cm³/mol. The van der Waals surface area contributed by atoms with E-state index in [1.54, 1.807) is 18.9 Å².